The molecule has 0 spiro atoms. The summed E-state index contributed by atoms with van der Waals surface area (Å²) in [6, 6.07) is 21.8. The molecule has 0 saturated heterocycles. The molecule has 0 aliphatic heterocycles. The number of sulfonamides is 1. The smallest absolute Gasteiger partial charge is 0.264 e. The van der Waals surface area contributed by atoms with Crippen LogP contribution in [0.2, 0.25) is 5.02 Å². The molecule has 0 fully saturated rings. The molecule has 0 radical (unpaired) electrons. The number of carbonyl (C=O) groups is 2. The minimum absolute atomic E-state index is 0.0553. The van der Waals surface area contributed by atoms with Gasteiger partial charge in [0, 0.05) is 18.1 Å². The summed E-state index contributed by atoms with van der Waals surface area (Å²) in [6.45, 7) is 6.01. The quantitative estimate of drug-likeness (QED) is 0.250. The zero-order valence-corrected chi connectivity index (χ0v) is 24.9. The first-order chi connectivity index (χ1) is 19.2. The molecule has 0 aliphatic carbocycles. The molecule has 0 aromatic heterocycles. The Morgan fingerprint density at radius 1 is 0.950 bits per heavy atom. The van der Waals surface area contributed by atoms with Gasteiger partial charge in [-0.15, -0.1) is 0 Å². The number of benzene rings is 3. The van der Waals surface area contributed by atoms with E-state index in [9.17, 15) is 18.0 Å². The van der Waals surface area contributed by atoms with Gasteiger partial charge >= 0.3 is 0 Å². The second-order valence-electron chi connectivity index (χ2n) is 9.65. The number of rotatable bonds is 14. The van der Waals surface area contributed by atoms with E-state index in [1.165, 1.54) is 17.0 Å². The van der Waals surface area contributed by atoms with Gasteiger partial charge in [-0.3, -0.25) is 13.9 Å². The van der Waals surface area contributed by atoms with E-state index in [1.807, 2.05) is 51.1 Å². The van der Waals surface area contributed by atoms with Crippen LogP contribution in [0.4, 0.5) is 5.69 Å². The zero-order chi connectivity index (χ0) is 29.1. The maximum absolute atomic E-state index is 14.0. The molecular formula is C31H38ClN3O4S. The fourth-order valence-electron chi connectivity index (χ4n) is 4.39. The highest BCUT2D eigenvalue weighted by molar-refractivity contribution is 7.92. The van der Waals surface area contributed by atoms with E-state index in [-0.39, 0.29) is 23.0 Å². The Morgan fingerprint density at radius 2 is 1.60 bits per heavy atom. The van der Waals surface area contributed by atoms with E-state index >= 15 is 0 Å². The number of amides is 2. The Balaban J connectivity index is 1.99. The number of unbranched alkanes of at least 4 members (excludes halogenated alkanes) is 1. The highest BCUT2D eigenvalue weighted by Crippen LogP contribution is 2.28. The van der Waals surface area contributed by atoms with Gasteiger partial charge in [-0.25, -0.2) is 8.42 Å². The molecule has 1 atom stereocenters. The molecule has 9 heteroatoms. The zero-order valence-electron chi connectivity index (χ0n) is 23.3. The maximum atomic E-state index is 14.0. The number of aryl methyl sites for hydroxylation is 1. The first-order valence-electron chi connectivity index (χ1n) is 13.6. The van der Waals surface area contributed by atoms with Crippen LogP contribution < -0.4 is 9.62 Å². The molecule has 3 rings (SSSR count). The van der Waals surface area contributed by atoms with Crippen LogP contribution in [-0.4, -0.2) is 50.8 Å². The third-order valence-electron chi connectivity index (χ3n) is 6.75. The number of anilines is 1. The Morgan fingerprint density at radius 3 is 2.20 bits per heavy atom. The Kier molecular flexibility index (Phi) is 11.6. The summed E-state index contributed by atoms with van der Waals surface area (Å²) in [5.74, 6) is -0.710. The lowest BCUT2D eigenvalue weighted by molar-refractivity contribution is -0.139. The van der Waals surface area contributed by atoms with Crippen molar-refractivity contribution < 1.29 is 18.0 Å². The van der Waals surface area contributed by atoms with Crippen molar-refractivity contribution in [2.45, 2.75) is 57.4 Å². The van der Waals surface area contributed by atoms with Gasteiger partial charge in [-0.2, -0.15) is 0 Å². The van der Waals surface area contributed by atoms with Crippen molar-refractivity contribution >= 4 is 39.1 Å². The van der Waals surface area contributed by atoms with E-state index in [4.69, 9.17) is 11.6 Å². The van der Waals surface area contributed by atoms with Crippen molar-refractivity contribution in [2.24, 2.45) is 0 Å². The molecule has 1 N–H and O–H groups in total. The summed E-state index contributed by atoms with van der Waals surface area (Å²) in [6.07, 6.45) is 2.67. The topological polar surface area (TPSA) is 86.8 Å². The predicted molar refractivity (Wildman–Crippen MR) is 161 cm³/mol. The summed E-state index contributed by atoms with van der Waals surface area (Å²) in [5, 5.41) is 3.33. The van der Waals surface area contributed by atoms with Gasteiger partial charge in [0.1, 0.15) is 12.6 Å². The van der Waals surface area contributed by atoms with Gasteiger partial charge in [-0.1, -0.05) is 86.5 Å². The SMILES string of the molecule is CCCCNC(=O)[C@@H](CC)N(CCc1ccccc1)C(=O)CN(c1ccc(C)c(Cl)c1)S(=O)(=O)c1ccccc1. The van der Waals surface area contributed by atoms with Gasteiger partial charge in [0.2, 0.25) is 11.8 Å². The average Bonchev–Trinajstić information content (AvgIpc) is 2.96. The summed E-state index contributed by atoms with van der Waals surface area (Å²) in [4.78, 5) is 28.8. The molecular weight excluding hydrogens is 546 g/mol. The molecule has 0 heterocycles. The lowest BCUT2D eigenvalue weighted by atomic mass is 10.1. The van der Waals surface area contributed by atoms with Gasteiger partial charge < -0.3 is 10.2 Å². The molecule has 3 aromatic rings. The van der Waals surface area contributed by atoms with Crippen molar-refractivity contribution in [3.63, 3.8) is 0 Å². The van der Waals surface area contributed by atoms with Crippen molar-refractivity contribution in [1.82, 2.24) is 10.2 Å². The number of nitrogens with one attached hydrogen (secondary N) is 1. The molecule has 40 heavy (non-hydrogen) atoms. The van der Waals surface area contributed by atoms with Gasteiger partial charge in [-0.05, 0) is 61.6 Å². The van der Waals surface area contributed by atoms with Gasteiger partial charge in [0.05, 0.1) is 10.6 Å². The van der Waals surface area contributed by atoms with Crippen LogP contribution >= 0.6 is 11.6 Å². The molecule has 2 amide bonds. The van der Waals surface area contributed by atoms with E-state index in [0.717, 1.165) is 28.3 Å². The molecule has 3 aromatic carbocycles. The third kappa shape index (κ3) is 8.08. The lowest BCUT2D eigenvalue weighted by Crippen LogP contribution is -2.53. The maximum Gasteiger partial charge on any atom is 0.264 e. The summed E-state index contributed by atoms with van der Waals surface area (Å²) in [7, 11) is -4.12. The van der Waals surface area contributed by atoms with Crippen LogP contribution in [0.3, 0.4) is 0 Å². The van der Waals surface area contributed by atoms with Crippen LogP contribution in [-0.2, 0) is 26.0 Å². The predicted octanol–water partition coefficient (Wildman–Crippen LogP) is 5.61. The number of hydrogen-bond acceptors (Lipinski definition) is 4. The third-order valence-corrected chi connectivity index (χ3v) is 8.95. The second-order valence-corrected chi connectivity index (χ2v) is 11.9. The Hall–Kier alpha value is -3.36. The van der Waals surface area contributed by atoms with Crippen molar-refractivity contribution in [1.29, 1.82) is 0 Å². The van der Waals surface area contributed by atoms with E-state index in [1.54, 1.807) is 36.4 Å². The second kappa shape index (κ2) is 14.9. The highest BCUT2D eigenvalue weighted by Gasteiger charge is 2.33. The summed E-state index contributed by atoms with van der Waals surface area (Å²) >= 11 is 6.38. The standard InChI is InChI=1S/C31H38ClN3O4S/c1-4-6-20-33-31(37)29(5-2)34(21-19-25-13-9-7-10-14-25)30(36)23-35(26-18-17-24(3)28(32)22-26)40(38,39)27-15-11-8-12-16-27/h7-18,22,29H,4-6,19-21,23H2,1-3H3,(H,33,37)/t29-/m1/s1. The number of nitrogens with zero attached hydrogens (tertiary/aromatic N) is 2. The number of halogens is 1. The van der Waals surface area contributed by atoms with Gasteiger partial charge in [0.25, 0.3) is 10.0 Å². The van der Waals surface area contributed by atoms with Crippen molar-refractivity contribution in [3.05, 3.63) is 95.0 Å². The first-order valence-corrected chi connectivity index (χ1v) is 15.5. The van der Waals surface area contributed by atoms with Crippen LogP contribution in [0.15, 0.2) is 83.8 Å². The first kappa shape index (κ1) is 31.2. The monoisotopic (exact) mass is 583 g/mol. The normalized spacial score (nSPS) is 12.0. The van der Waals surface area contributed by atoms with Crippen LogP contribution in [0.1, 0.15) is 44.2 Å². The van der Waals surface area contributed by atoms with Gasteiger partial charge in [0.15, 0.2) is 0 Å². The van der Waals surface area contributed by atoms with Crippen molar-refractivity contribution in [3.8, 4) is 0 Å². The van der Waals surface area contributed by atoms with Crippen LogP contribution in [0.5, 0.6) is 0 Å². The van der Waals surface area contributed by atoms with E-state index in [0.29, 0.717) is 24.4 Å². The number of hydrogen-bond donors (Lipinski definition) is 1. The molecule has 7 nitrogen and oxygen atoms in total. The fraction of sp³-hybridized carbons (Fsp3) is 0.355. The molecule has 0 aliphatic rings. The van der Waals surface area contributed by atoms with E-state index < -0.39 is 28.5 Å². The average molecular weight is 584 g/mol. The molecule has 214 valence electrons. The lowest BCUT2D eigenvalue weighted by Gasteiger charge is -2.33. The highest BCUT2D eigenvalue weighted by atomic mass is 35.5. The number of carbonyl (C=O) groups excluding carboxylic acids is 2. The van der Waals surface area contributed by atoms with E-state index in [2.05, 4.69) is 5.32 Å². The van der Waals surface area contributed by atoms with Crippen LogP contribution in [0.25, 0.3) is 0 Å². The fourth-order valence-corrected chi connectivity index (χ4v) is 5.99. The Bertz CT molecular complexity index is 1370. The molecule has 0 unspecified atom stereocenters. The largest absolute Gasteiger partial charge is 0.354 e. The minimum Gasteiger partial charge on any atom is -0.354 e. The molecule has 0 saturated carbocycles. The Labute approximate surface area is 243 Å². The summed E-state index contributed by atoms with van der Waals surface area (Å²) < 4.78 is 28.8. The summed E-state index contributed by atoms with van der Waals surface area (Å²) in [5.41, 5.74) is 2.07. The molecule has 0 bridgehead atoms. The van der Waals surface area contributed by atoms with Crippen molar-refractivity contribution in [2.75, 3.05) is 23.9 Å². The minimum atomic E-state index is -4.12. The van der Waals surface area contributed by atoms with Crippen LogP contribution in [0, 0.1) is 6.92 Å².